The predicted octanol–water partition coefficient (Wildman–Crippen LogP) is 5.11. The number of thioether (sulfide) groups is 1. The van der Waals surface area contributed by atoms with Crippen molar-refractivity contribution in [3.05, 3.63) is 102 Å². The van der Waals surface area contributed by atoms with Gasteiger partial charge >= 0.3 is 0 Å². The summed E-state index contributed by atoms with van der Waals surface area (Å²) in [5.74, 6) is 1.05. The van der Waals surface area contributed by atoms with E-state index in [1.54, 1.807) is 0 Å². The molecule has 1 aliphatic heterocycles. The molecule has 1 fully saturated rings. The number of likely N-dealkylation sites (tertiary alicyclic amines) is 1. The lowest BCUT2D eigenvalue weighted by Crippen LogP contribution is -2.51. The van der Waals surface area contributed by atoms with E-state index < -0.39 is 5.41 Å². The van der Waals surface area contributed by atoms with Crippen LogP contribution in [0.25, 0.3) is 0 Å². The first-order valence-electron chi connectivity index (χ1n) is 11.5. The summed E-state index contributed by atoms with van der Waals surface area (Å²) in [6.45, 7) is 3.16. The smallest absolute Gasteiger partial charge is 0.233 e. The minimum Gasteiger partial charge on any atom is -0.369 e. The molecule has 3 aromatic rings. The Bertz CT molecular complexity index is 970. The second-order valence-corrected chi connectivity index (χ2v) is 10.3. The number of carbonyl (C=O) groups is 1. The van der Waals surface area contributed by atoms with Crippen LogP contribution in [0.2, 0.25) is 0 Å². The van der Waals surface area contributed by atoms with Crippen LogP contribution in [0.3, 0.4) is 0 Å². The number of hydrogen-bond donors (Lipinski definition) is 1. The van der Waals surface area contributed by atoms with E-state index in [2.05, 4.69) is 61.6 Å². The Balaban J connectivity index is 1.54. The number of carbonyl (C=O) groups excluding carboxylic acids is 1. The standard InChI is InChI=1S/C28H32N2OS/c1-30(19-11-21-32-26-16-9-4-10-17-26)20-18-25(22-30)28(27(29)31,23-12-5-2-6-13-23)24-14-7-3-8-15-24/h2-10,12-17,25H,11,18-22H2,1H3,(H-,29,31)/p+1/t25-,30?/m1/s1. The largest absolute Gasteiger partial charge is 0.369 e. The van der Waals surface area contributed by atoms with Gasteiger partial charge in [-0.25, -0.2) is 0 Å². The van der Waals surface area contributed by atoms with Gasteiger partial charge in [-0.3, -0.25) is 4.79 Å². The first-order chi connectivity index (χ1) is 15.5. The average molecular weight is 446 g/mol. The van der Waals surface area contributed by atoms with Gasteiger partial charge in [-0.05, 0) is 23.3 Å². The Hall–Kier alpha value is -2.56. The van der Waals surface area contributed by atoms with Gasteiger partial charge in [-0.2, -0.15) is 0 Å². The van der Waals surface area contributed by atoms with Crippen molar-refractivity contribution in [3.8, 4) is 0 Å². The lowest BCUT2D eigenvalue weighted by molar-refractivity contribution is -0.899. The van der Waals surface area contributed by atoms with Crippen LogP contribution >= 0.6 is 11.8 Å². The Morgan fingerprint density at radius 1 is 0.938 bits per heavy atom. The molecule has 0 radical (unpaired) electrons. The molecule has 4 heteroatoms. The summed E-state index contributed by atoms with van der Waals surface area (Å²) in [7, 11) is 2.34. The van der Waals surface area contributed by atoms with Gasteiger partial charge in [-0.1, -0.05) is 78.9 Å². The molecule has 166 valence electrons. The van der Waals surface area contributed by atoms with Crippen LogP contribution in [0.4, 0.5) is 0 Å². The fourth-order valence-corrected chi connectivity index (χ4v) is 6.28. The van der Waals surface area contributed by atoms with E-state index in [1.807, 2.05) is 48.2 Å². The molecule has 4 rings (SSSR count). The summed E-state index contributed by atoms with van der Waals surface area (Å²) in [5.41, 5.74) is 7.47. The van der Waals surface area contributed by atoms with E-state index in [4.69, 9.17) is 5.73 Å². The summed E-state index contributed by atoms with van der Waals surface area (Å²) in [6.07, 6.45) is 2.15. The second-order valence-electron chi connectivity index (χ2n) is 9.15. The zero-order chi connectivity index (χ0) is 22.4. The number of nitrogens with two attached hydrogens (primary N) is 1. The third kappa shape index (κ3) is 4.62. The molecule has 1 aliphatic rings. The van der Waals surface area contributed by atoms with Crippen molar-refractivity contribution in [2.24, 2.45) is 11.7 Å². The van der Waals surface area contributed by atoms with Gasteiger partial charge in [0.1, 0.15) is 5.41 Å². The van der Waals surface area contributed by atoms with Gasteiger partial charge in [0, 0.05) is 29.4 Å². The molecule has 0 saturated carbocycles. The normalized spacial score (nSPS) is 20.8. The van der Waals surface area contributed by atoms with Gasteiger partial charge in [0.2, 0.25) is 5.91 Å². The molecular formula is C28H33N2OS+. The van der Waals surface area contributed by atoms with E-state index in [9.17, 15) is 4.79 Å². The first-order valence-corrected chi connectivity index (χ1v) is 12.5. The molecule has 3 nitrogen and oxygen atoms in total. The lowest BCUT2D eigenvalue weighted by atomic mass is 9.64. The molecule has 3 aromatic carbocycles. The highest BCUT2D eigenvalue weighted by molar-refractivity contribution is 7.99. The molecule has 1 unspecified atom stereocenters. The third-order valence-corrected chi connectivity index (χ3v) is 8.09. The molecule has 32 heavy (non-hydrogen) atoms. The van der Waals surface area contributed by atoms with Crippen molar-refractivity contribution in [3.63, 3.8) is 0 Å². The van der Waals surface area contributed by atoms with Crippen molar-refractivity contribution >= 4 is 17.7 Å². The maximum Gasteiger partial charge on any atom is 0.233 e. The maximum atomic E-state index is 13.2. The van der Waals surface area contributed by atoms with E-state index in [0.29, 0.717) is 0 Å². The van der Waals surface area contributed by atoms with E-state index in [-0.39, 0.29) is 11.8 Å². The number of amides is 1. The minimum atomic E-state index is -0.794. The van der Waals surface area contributed by atoms with Gasteiger partial charge in [0.05, 0.1) is 26.7 Å². The van der Waals surface area contributed by atoms with Gasteiger partial charge in [0.15, 0.2) is 0 Å². The highest BCUT2D eigenvalue weighted by atomic mass is 32.2. The fraction of sp³-hybridized carbons (Fsp3) is 0.321. The SMILES string of the molecule is C[N+]1(CCCSc2ccccc2)CC[C@@H](C(C(N)=O)(c2ccccc2)c2ccccc2)C1. The molecule has 1 saturated heterocycles. The molecule has 0 bridgehead atoms. The number of nitrogens with zero attached hydrogens (tertiary/aromatic N) is 1. The van der Waals surface area contributed by atoms with Crippen LogP contribution in [-0.4, -0.2) is 42.8 Å². The number of primary amides is 1. The molecule has 0 aromatic heterocycles. The van der Waals surface area contributed by atoms with Crippen LogP contribution in [0.5, 0.6) is 0 Å². The first kappa shape index (κ1) is 22.6. The van der Waals surface area contributed by atoms with E-state index >= 15 is 0 Å². The van der Waals surface area contributed by atoms with Crippen LogP contribution in [-0.2, 0) is 10.2 Å². The van der Waals surface area contributed by atoms with Gasteiger partial charge in [-0.15, -0.1) is 11.8 Å². The summed E-state index contributed by atoms with van der Waals surface area (Å²) in [4.78, 5) is 14.6. The van der Waals surface area contributed by atoms with Crippen LogP contribution < -0.4 is 5.73 Å². The molecule has 1 amide bonds. The van der Waals surface area contributed by atoms with Crippen LogP contribution in [0.1, 0.15) is 24.0 Å². The predicted molar refractivity (Wildman–Crippen MR) is 134 cm³/mol. The molecule has 2 N–H and O–H groups in total. The van der Waals surface area contributed by atoms with Crippen molar-refractivity contribution in [1.82, 2.24) is 0 Å². The highest BCUT2D eigenvalue weighted by Crippen LogP contribution is 2.45. The molecule has 0 spiro atoms. The third-order valence-electron chi connectivity index (χ3n) is 6.99. The summed E-state index contributed by atoms with van der Waals surface area (Å²) in [6, 6.07) is 30.9. The van der Waals surface area contributed by atoms with Crippen LogP contribution in [0, 0.1) is 5.92 Å². The quantitative estimate of drug-likeness (QED) is 0.283. The monoisotopic (exact) mass is 445 g/mol. The topological polar surface area (TPSA) is 43.1 Å². The average Bonchev–Trinajstić information content (AvgIpc) is 3.21. The van der Waals surface area contributed by atoms with Crippen molar-refractivity contribution < 1.29 is 9.28 Å². The fourth-order valence-electron chi connectivity index (χ4n) is 5.42. The Labute approximate surface area is 196 Å². The number of rotatable bonds is 9. The van der Waals surface area contributed by atoms with Crippen molar-refractivity contribution in [2.45, 2.75) is 23.2 Å². The highest BCUT2D eigenvalue weighted by Gasteiger charge is 2.53. The maximum absolute atomic E-state index is 13.2. The Kier molecular flexibility index (Phi) is 7.02. The number of benzene rings is 3. The Morgan fingerprint density at radius 2 is 1.47 bits per heavy atom. The number of quaternary nitrogens is 1. The van der Waals surface area contributed by atoms with Crippen LogP contribution in [0.15, 0.2) is 95.9 Å². The molecular weight excluding hydrogens is 412 g/mol. The summed E-state index contributed by atoms with van der Waals surface area (Å²) < 4.78 is 0.995. The molecule has 1 heterocycles. The zero-order valence-corrected chi connectivity index (χ0v) is 19.6. The molecule has 2 atom stereocenters. The minimum absolute atomic E-state index is 0.177. The van der Waals surface area contributed by atoms with Gasteiger partial charge < -0.3 is 10.2 Å². The second kappa shape index (κ2) is 9.93. The van der Waals surface area contributed by atoms with Gasteiger partial charge in [0.25, 0.3) is 0 Å². The lowest BCUT2D eigenvalue weighted by Gasteiger charge is -2.38. The summed E-state index contributed by atoms with van der Waals surface area (Å²) >= 11 is 1.92. The zero-order valence-electron chi connectivity index (χ0n) is 18.8. The molecule has 0 aliphatic carbocycles. The summed E-state index contributed by atoms with van der Waals surface area (Å²) in [5, 5.41) is 0. The van der Waals surface area contributed by atoms with Crippen molar-refractivity contribution in [1.29, 1.82) is 0 Å². The Morgan fingerprint density at radius 3 is 2.00 bits per heavy atom. The van der Waals surface area contributed by atoms with Crippen molar-refractivity contribution in [2.75, 3.05) is 32.4 Å². The number of hydrogen-bond acceptors (Lipinski definition) is 2. The van der Waals surface area contributed by atoms with E-state index in [0.717, 1.165) is 53.8 Å². The van der Waals surface area contributed by atoms with E-state index in [1.165, 1.54) is 4.90 Å².